The molecule has 0 aromatic heterocycles. The van der Waals surface area contributed by atoms with E-state index in [1.807, 2.05) is 0 Å². The van der Waals surface area contributed by atoms with Gasteiger partial charge in [0.15, 0.2) is 0 Å². The molecular weight excluding hydrogens is 100 g/mol. The van der Waals surface area contributed by atoms with E-state index in [0.29, 0.717) is 6.10 Å². The van der Waals surface area contributed by atoms with E-state index in [2.05, 4.69) is 6.92 Å². The minimum Gasteiger partial charge on any atom is -0.379 e. The number of rotatable bonds is 0. The molecule has 1 aliphatic heterocycles. The van der Waals surface area contributed by atoms with E-state index in [9.17, 15) is 0 Å². The molecule has 0 N–H and O–H groups in total. The molecule has 1 heterocycles. The highest BCUT2D eigenvalue weighted by molar-refractivity contribution is 5.75. The highest BCUT2D eigenvalue weighted by Gasteiger charge is 2.07. The summed E-state index contributed by atoms with van der Waals surface area (Å²) in [6.07, 6.45) is 3.08. The van der Waals surface area contributed by atoms with E-state index in [1.54, 1.807) is 0 Å². The van der Waals surface area contributed by atoms with Gasteiger partial charge in [-0.15, -0.1) is 0 Å². The molecule has 1 fully saturated rings. The molecule has 1 nitrogen and oxygen atoms in total. The van der Waals surface area contributed by atoms with Crippen molar-refractivity contribution in [1.29, 1.82) is 0 Å². The summed E-state index contributed by atoms with van der Waals surface area (Å²) in [6, 6.07) is 0. The van der Waals surface area contributed by atoms with Gasteiger partial charge in [-0.05, 0) is 19.8 Å². The fraction of sp³-hybridized carbons (Fsp3) is 1.00. The standard InChI is InChI=1S/C5H10O.Mg/c1-5-3-2-4-6-5;/h5H,2-4H2,1H3;. The van der Waals surface area contributed by atoms with Crippen molar-refractivity contribution >= 4 is 23.1 Å². The molecule has 0 spiro atoms. The summed E-state index contributed by atoms with van der Waals surface area (Å²) in [5.74, 6) is 0. The van der Waals surface area contributed by atoms with Crippen LogP contribution in [0.4, 0.5) is 0 Å². The van der Waals surface area contributed by atoms with Crippen LogP contribution in [0.15, 0.2) is 0 Å². The molecule has 1 unspecified atom stereocenters. The van der Waals surface area contributed by atoms with Crippen molar-refractivity contribution in [1.82, 2.24) is 0 Å². The Bertz CT molecular complexity index is 41.3. The maximum atomic E-state index is 5.15. The lowest BCUT2D eigenvalue weighted by molar-refractivity contribution is 0.125. The zero-order valence-corrected chi connectivity index (χ0v) is 6.23. The van der Waals surface area contributed by atoms with Crippen molar-refractivity contribution in [2.75, 3.05) is 6.61 Å². The predicted octanol–water partition coefficient (Wildman–Crippen LogP) is 0.804. The van der Waals surface area contributed by atoms with Crippen LogP contribution in [0.25, 0.3) is 0 Å². The van der Waals surface area contributed by atoms with E-state index in [-0.39, 0.29) is 23.1 Å². The van der Waals surface area contributed by atoms with Crippen molar-refractivity contribution in [2.24, 2.45) is 0 Å². The second-order valence-electron chi connectivity index (χ2n) is 1.82. The van der Waals surface area contributed by atoms with E-state index >= 15 is 0 Å². The van der Waals surface area contributed by atoms with Gasteiger partial charge in [0.2, 0.25) is 0 Å². The first kappa shape index (κ1) is 7.73. The Labute approximate surface area is 60.6 Å². The molecule has 0 saturated carbocycles. The molecule has 1 rings (SSSR count). The summed E-state index contributed by atoms with van der Waals surface area (Å²) in [6.45, 7) is 3.11. The Kier molecular flexibility index (Phi) is 4.08. The maximum Gasteiger partial charge on any atom is 0.0547 e. The lowest BCUT2D eigenvalue weighted by atomic mass is 10.3. The van der Waals surface area contributed by atoms with E-state index in [4.69, 9.17) is 4.74 Å². The van der Waals surface area contributed by atoms with Gasteiger partial charge in [0.25, 0.3) is 0 Å². The van der Waals surface area contributed by atoms with Crippen LogP contribution in [0.3, 0.4) is 0 Å². The van der Waals surface area contributed by atoms with Crippen molar-refractivity contribution in [3.8, 4) is 0 Å². The molecule has 2 radical (unpaired) electrons. The lowest BCUT2D eigenvalue weighted by Gasteiger charge is -1.94. The monoisotopic (exact) mass is 110 g/mol. The van der Waals surface area contributed by atoms with Crippen LogP contribution in [0, 0.1) is 0 Å². The van der Waals surface area contributed by atoms with Crippen LogP contribution in [-0.2, 0) is 4.74 Å². The Morgan fingerprint density at radius 3 is 2.43 bits per heavy atom. The molecule has 1 aliphatic rings. The zero-order valence-electron chi connectivity index (χ0n) is 4.81. The molecule has 1 atom stereocenters. The Morgan fingerprint density at radius 1 is 1.57 bits per heavy atom. The van der Waals surface area contributed by atoms with Crippen LogP contribution < -0.4 is 0 Å². The summed E-state index contributed by atoms with van der Waals surface area (Å²) in [4.78, 5) is 0. The molecule has 2 heteroatoms. The summed E-state index contributed by atoms with van der Waals surface area (Å²) in [5, 5.41) is 0. The normalized spacial score (nSPS) is 29.6. The Morgan fingerprint density at radius 2 is 2.29 bits per heavy atom. The van der Waals surface area contributed by atoms with Gasteiger partial charge in [0, 0.05) is 29.7 Å². The molecule has 0 amide bonds. The molecule has 38 valence electrons. The second-order valence-corrected chi connectivity index (χ2v) is 1.82. The van der Waals surface area contributed by atoms with Crippen molar-refractivity contribution in [2.45, 2.75) is 25.9 Å². The van der Waals surface area contributed by atoms with Crippen molar-refractivity contribution in [3.05, 3.63) is 0 Å². The van der Waals surface area contributed by atoms with Gasteiger partial charge in [0.05, 0.1) is 6.10 Å². The Hall–Kier alpha value is 0.726. The average molecular weight is 110 g/mol. The average Bonchev–Trinajstić information content (AvgIpc) is 1.86. The fourth-order valence-corrected chi connectivity index (χ4v) is 0.739. The predicted molar refractivity (Wildman–Crippen MR) is 30.4 cm³/mol. The van der Waals surface area contributed by atoms with Gasteiger partial charge in [-0.25, -0.2) is 0 Å². The van der Waals surface area contributed by atoms with Gasteiger partial charge >= 0.3 is 0 Å². The minimum atomic E-state index is 0. The van der Waals surface area contributed by atoms with Crippen LogP contribution >= 0.6 is 0 Å². The third-order valence-corrected chi connectivity index (χ3v) is 1.16. The van der Waals surface area contributed by atoms with Crippen LogP contribution in [-0.4, -0.2) is 35.8 Å². The first-order chi connectivity index (χ1) is 2.89. The molecular formula is C5H10MgO. The largest absolute Gasteiger partial charge is 0.379 e. The van der Waals surface area contributed by atoms with Gasteiger partial charge < -0.3 is 4.74 Å². The SMILES string of the molecule is CC1CCCO1.[Mg]. The van der Waals surface area contributed by atoms with Gasteiger partial charge in [0.1, 0.15) is 0 Å². The summed E-state index contributed by atoms with van der Waals surface area (Å²) < 4.78 is 5.15. The maximum absolute atomic E-state index is 5.15. The minimum absolute atomic E-state index is 0. The number of ether oxygens (including phenoxy) is 1. The number of hydrogen-bond donors (Lipinski definition) is 0. The molecule has 7 heavy (non-hydrogen) atoms. The third kappa shape index (κ3) is 2.52. The van der Waals surface area contributed by atoms with Crippen LogP contribution in [0.2, 0.25) is 0 Å². The van der Waals surface area contributed by atoms with E-state index in [1.165, 1.54) is 12.8 Å². The van der Waals surface area contributed by atoms with Gasteiger partial charge in [-0.1, -0.05) is 0 Å². The molecule has 0 aromatic carbocycles. The molecule has 0 aromatic rings. The van der Waals surface area contributed by atoms with Crippen molar-refractivity contribution < 1.29 is 4.74 Å². The molecule has 0 aliphatic carbocycles. The zero-order chi connectivity index (χ0) is 4.41. The first-order valence-corrected chi connectivity index (χ1v) is 2.51. The van der Waals surface area contributed by atoms with Gasteiger partial charge in [-0.3, -0.25) is 0 Å². The Balaban J connectivity index is 0.000000360. The smallest absolute Gasteiger partial charge is 0.0547 e. The number of hydrogen-bond acceptors (Lipinski definition) is 1. The molecule has 1 saturated heterocycles. The van der Waals surface area contributed by atoms with Gasteiger partial charge in [-0.2, -0.15) is 0 Å². The van der Waals surface area contributed by atoms with E-state index < -0.39 is 0 Å². The quantitative estimate of drug-likeness (QED) is 0.419. The summed E-state index contributed by atoms with van der Waals surface area (Å²) >= 11 is 0. The topological polar surface area (TPSA) is 9.23 Å². The highest BCUT2D eigenvalue weighted by atomic mass is 24.3. The fourth-order valence-electron chi connectivity index (χ4n) is 0.739. The second kappa shape index (κ2) is 3.69. The van der Waals surface area contributed by atoms with E-state index in [0.717, 1.165) is 6.61 Å². The van der Waals surface area contributed by atoms with Crippen molar-refractivity contribution in [3.63, 3.8) is 0 Å². The lowest BCUT2D eigenvalue weighted by Crippen LogP contribution is -1.94. The molecule has 0 bridgehead atoms. The summed E-state index contributed by atoms with van der Waals surface area (Å²) in [7, 11) is 0. The van der Waals surface area contributed by atoms with Crippen LogP contribution in [0.5, 0.6) is 0 Å². The highest BCUT2D eigenvalue weighted by Crippen LogP contribution is 2.09. The third-order valence-electron chi connectivity index (χ3n) is 1.16. The van der Waals surface area contributed by atoms with Crippen LogP contribution in [0.1, 0.15) is 19.8 Å². The first-order valence-electron chi connectivity index (χ1n) is 2.51. The summed E-state index contributed by atoms with van der Waals surface area (Å²) in [5.41, 5.74) is 0.